The zero-order chi connectivity index (χ0) is 13.8. The first kappa shape index (κ1) is 16.0. The molecule has 1 nitrogen and oxygen atoms in total. The van der Waals surface area contributed by atoms with Crippen molar-refractivity contribution in [3.05, 3.63) is 0 Å². The van der Waals surface area contributed by atoms with Gasteiger partial charge < -0.3 is 5.32 Å². The van der Waals surface area contributed by atoms with E-state index in [-0.39, 0.29) is 0 Å². The van der Waals surface area contributed by atoms with Crippen LogP contribution in [0.4, 0.5) is 0 Å². The van der Waals surface area contributed by atoms with Gasteiger partial charge in [-0.1, -0.05) is 47.5 Å². The quantitative estimate of drug-likeness (QED) is 0.737. The molecule has 0 bridgehead atoms. The largest absolute Gasteiger partial charge is 0.317 e. The van der Waals surface area contributed by atoms with Crippen molar-refractivity contribution < 1.29 is 0 Å². The van der Waals surface area contributed by atoms with Crippen LogP contribution < -0.4 is 5.32 Å². The first-order valence-electron chi connectivity index (χ1n) is 7.99. The minimum Gasteiger partial charge on any atom is -0.317 e. The fourth-order valence-electron chi connectivity index (χ4n) is 3.80. The Morgan fingerprint density at radius 1 is 1.11 bits per heavy atom. The van der Waals surface area contributed by atoms with Crippen LogP contribution in [0.25, 0.3) is 0 Å². The normalized spacial score (nSPS) is 29.0. The van der Waals surface area contributed by atoms with Gasteiger partial charge in [-0.25, -0.2) is 0 Å². The van der Waals surface area contributed by atoms with Crippen LogP contribution in [-0.2, 0) is 0 Å². The van der Waals surface area contributed by atoms with E-state index in [1.54, 1.807) is 0 Å². The molecule has 0 aromatic carbocycles. The van der Waals surface area contributed by atoms with E-state index in [0.717, 1.165) is 23.8 Å². The molecule has 0 saturated heterocycles. The molecule has 1 saturated carbocycles. The fourth-order valence-corrected chi connectivity index (χ4v) is 3.80. The van der Waals surface area contributed by atoms with Gasteiger partial charge in [0.2, 0.25) is 0 Å². The van der Waals surface area contributed by atoms with Crippen LogP contribution in [0.3, 0.4) is 0 Å². The summed E-state index contributed by atoms with van der Waals surface area (Å²) < 4.78 is 0. The predicted molar refractivity (Wildman–Crippen MR) is 81.8 cm³/mol. The van der Waals surface area contributed by atoms with E-state index in [9.17, 15) is 0 Å². The molecule has 0 spiro atoms. The lowest BCUT2D eigenvalue weighted by Crippen LogP contribution is -2.37. The highest BCUT2D eigenvalue weighted by Crippen LogP contribution is 2.34. The number of nitrogens with one attached hydrogen (secondary N) is 1. The zero-order valence-electron chi connectivity index (χ0n) is 13.6. The van der Waals surface area contributed by atoms with Crippen LogP contribution in [0.1, 0.15) is 73.1 Å². The molecule has 2 atom stereocenters. The van der Waals surface area contributed by atoms with Gasteiger partial charge in [-0.05, 0) is 55.9 Å². The van der Waals surface area contributed by atoms with E-state index in [2.05, 4.69) is 47.0 Å². The lowest BCUT2D eigenvalue weighted by Gasteiger charge is -2.35. The number of hydrogen-bond donors (Lipinski definition) is 1. The van der Waals surface area contributed by atoms with E-state index in [1.165, 1.54) is 38.5 Å². The maximum atomic E-state index is 3.60. The average Bonchev–Trinajstić information content (AvgIpc) is 2.25. The maximum Gasteiger partial charge on any atom is 0.00948 e. The van der Waals surface area contributed by atoms with Crippen molar-refractivity contribution in [2.75, 3.05) is 7.05 Å². The molecule has 0 aliphatic heterocycles. The third-order valence-electron chi connectivity index (χ3n) is 4.62. The molecule has 2 unspecified atom stereocenters. The molecule has 0 radical (unpaired) electrons. The molecule has 1 fully saturated rings. The summed E-state index contributed by atoms with van der Waals surface area (Å²) in [7, 11) is 2.16. The second-order valence-corrected chi connectivity index (χ2v) is 8.02. The molecule has 18 heavy (non-hydrogen) atoms. The van der Waals surface area contributed by atoms with Crippen molar-refractivity contribution in [2.24, 2.45) is 23.2 Å². The Morgan fingerprint density at radius 2 is 1.67 bits per heavy atom. The molecule has 1 aliphatic carbocycles. The van der Waals surface area contributed by atoms with Gasteiger partial charge in [-0.2, -0.15) is 0 Å². The Hall–Kier alpha value is -0.0400. The van der Waals surface area contributed by atoms with Gasteiger partial charge >= 0.3 is 0 Å². The summed E-state index contributed by atoms with van der Waals surface area (Å²) in [6.45, 7) is 11.9. The number of hydrogen-bond acceptors (Lipinski definition) is 1. The lowest BCUT2D eigenvalue weighted by atomic mass is 9.75. The standard InChI is InChI=1S/C17H35N/c1-13-7-9-15(10-8-13)16(18-6)11-14(2)12-17(3,4)5/h13-16,18H,7-12H2,1-6H3. The SMILES string of the molecule is CNC(CC(C)CC(C)(C)C)C1CCC(C)CC1. The van der Waals surface area contributed by atoms with Crippen LogP contribution in [0.2, 0.25) is 0 Å². The maximum absolute atomic E-state index is 3.60. The Morgan fingerprint density at radius 3 is 2.11 bits per heavy atom. The van der Waals surface area contributed by atoms with Gasteiger partial charge in [0.15, 0.2) is 0 Å². The summed E-state index contributed by atoms with van der Waals surface area (Å²) in [6, 6.07) is 0.745. The molecular weight excluding hydrogens is 218 g/mol. The minimum atomic E-state index is 0.471. The van der Waals surface area contributed by atoms with E-state index in [0.29, 0.717) is 5.41 Å². The van der Waals surface area contributed by atoms with Crippen molar-refractivity contribution in [3.8, 4) is 0 Å². The van der Waals surface area contributed by atoms with Crippen LogP contribution in [0.5, 0.6) is 0 Å². The molecule has 0 amide bonds. The highest BCUT2D eigenvalue weighted by Gasteiger charge is 2.27. The van der Waals surface area contributed by atoms with E-state index < -0.39 is 0 Å². The summed E-state index contributed by atoms with van der Waals surface area (Å²) in [4.78, 5) is 0. The van der Waals surface area contributed by atoms with Gasteiger partial charge in [-0.3, -0.25) is 0 Å². The van der Waals surface area contributed by atoms with Crippen molar-refractivity contribution in [1.82, 2.24) is 5.32 Å². The van der Waals surface area contributed by atoms with Crippen LogP contribution in [0, 0.1) is 23.2 Å². The third-order valence-corrected chi connectivity index (χ3v) is 4.62. The van der Waals surface area contributed by atoms with E-state index in [4.69, 9.17) is 0 Å². The van der Waals surface area contributed by atoms with Gasteiger partial charge in [0.1, 0.15) is 0 Å². The summed E-state index contributed by atoms with van der Waals surface area (Å²) in [6.07, 6.45) is 8.46. The third kappa shape index (κ3) is 5.73. The monoisotopic (exact) mass is 253 g/mol. The van der Waals surface area contributed by atoms with Gasteiger partial charge in [-0.15, -0.1) is 0 Å². The van der Waals surface area contributed by atoms with Crippen molar-refractivity contribution in [2.45, 2.75) is 79.2 Å². The van der Waals surface area contributed by atoms with Gasteiger partial charge in [0.25, 0.3) is 0 Å². The molecule has 1 aliphatic rings. The molecule has 1 N–H and O–H groups in total. The Labute approximate surface area is 115 Å². The van der Waals surface area contributed by atoms with Crippen molar-refractivity contribution >= 4 is 0 Å². The zero-order valence-corrected chi connectivity index (χ0v) is 13.6. The summed E-state index contributed by atoms with van der Waals surface area (Å²) in [5.41, 5.74) is 0.471. The molecule has 0 aromatic heterocycles. The van der Waals surface area contributed by atoms with E-state index >= 15 is 0 Å². The Kier molecular flexibility index (Phi) is 6.17. The van der Waals surface area contributed by atoms with Crippen LogP contribution >= 0.6 is 0 Å². The Balaban J connectivity index is 2.41. The molecule has 0 aromatic rings. The molecule has 108 valence electrons. The van der Waals surface area contributed by atoms with Crippen molar-refractivity contribution in [3.63, 3.8) is 0 Å². The van der Waals surface area contributed by atoms with Crippen molar-refractivity contribution in [1.29, 1.82) is 0 Å². The average molecular weight is 253 g/mol. The van der Waals surface area contributed by atoms with Crippen LogP contribution in [0.15, 0.2) is 0 Å². The molecule has 1 rings (SSSR count). The lowest BCUT2D eigenvalue weighted by molar-refractivity contribution is 0.197. The topological polar surface area (TPSA) is 12.0 Å². The fraction of sp³-hybridized carbons (Fsp3) is 1.00. The Bertz CT molecular complexity index is 220. The minimum absolute atomic E-state index is 0.471. The molecule has 0 heterocycles. The summed E-state index contributed by atoms with van der Waals surface area (Å²) in [5.74, 6) is 2.72. The molecular formula is C17H35N. The first-order valence-corrected chi connectivity index (χ1v) is 7.99. The van der Waals surface area contributed by atoms with Crippen LogP contribution in [-0.4, -0.2) is 13.1 Å². The summed E-state index contributed by atoms with van der Waals surface area (Å²) >= 11 is 0. The van der Waals surface area contributed by atoms with E-state index in [1.807, 2.05) is 0 Å². The molecule has 1 heteroatoms. The smallest absolute Gasteiger partial charge is 0.00948 e. The highest BCUT2D eigenvalue weighted by atomic mass is 14.9. The number of rotatable bonds is 5. The van der Waals surface area contributed by atoms with Gasteiger partial charge in [0.05, 0.1) is 0 Å². The first-order chi connectivity index (χ1) is 8.31. The second kappa shape index (κ2) is 6.93. The highest BCUT2D eigenvalue weighted by molar-refractivity contribution is 4.82. The summed E-state index contributed by atoms with van der Waals surface area (Å²) in [5, 5.41) is 3.60. The van der Waals surface area contributed by atoms with Gasteiger partial charge in [0, 0.05) is 6.04 Å². The second-order valence-electron chi connectivity index (χ2n) is 8.02. The predicted octanol–water partition coefficient (Wildman–Crippen LogP) is 4.86.